The van der Waals surface area contributed by atoms with Crippen LogP contribution in [0.25, 0.3) is 0 Å². The van der Waals surface area contributed by atoms with Crippen molar-refractivity contribution in [1.29, 1.82) is 0 Å². The van der Waals surface area contributed by atoms with E-state index in [4.69, 9.17) is 4.42 Å². The molecule has 1 N–H and O–H groups in total. The second-order valence-electron chi connectivity index (χ2n) is 5.11. The zero-order valence-electron chi connectivity index (χ0n) is 12.7. The molecule has 0 saturated carbocycles. The molecule has 1 aromatic carbocycles. The van der Waals surface area contributed by atoms with Gasteiger partial charge in [0.05, 0.1) is 13.2 Å². The van der Waals surface area contributed by atoms with Gasteiger partial charge in [-0.05, 0) is 44.5 Å². The molecule has 0 aliphatic heterocycles. The molecule has 21 heavy (non-hydrogen) atoms. The Bertz CT molecular complexity index is 604. The Labute approximate surface area is 125 Å². The van der Waals surface area contributed by atoms with E-state index in [1.165, 1.54) is 18.2 Å². The van der Waals surface area contributed by atoms with Crippen LogP contribution in [0.1, 0.15) is 40.4 Å². The standard InChI is InChI=1S/C17H21NO3/c1-12-5-4-6-14(11-12)9-10-18-13(2)15-7-8-16(21-15)17(19)20-3/h4-8,11,13,18H,9-10H2,1-3H3. The predicted molar refractivity (Wildman–Crippen MR) is 81.3 cm³/mol. The number of hydrogen-bond acceptors (Lipinski definition) is 4. The van der Waals surface area contributed by atoms with Gasteiger partial charge < -0.3 is 14.5 Å². The molecule has 0 aliphatic carbocycles. The van der Waals surface area contributed by atoms with Gasteiger partial charge >= 0.3 is 5.97 Å². The number of nitrogens with one attached hydrogen (secondary N) is 1. The maximum absolute atomic E-state index is 11.3. The molecule has 1 unspecified atom stereocenters. The third-order valence-electron chi connectivity index (χ3n) is 3.39. The van der Waals surface area contributed by atoms with Gasteiger partial charge in [-0.3, -0.25) is 0 Å². The van der Waals surface area contributed by atoms with Crippen molar-refractivity contribution >= 4 is 5.97 Å². The lowest BCUT2D eigenvalue weighted by Crippen LogP contribution is -2.21. The molecule has 0 saturated heterocycles. The van der Waals surface area contributed by atoms with Crippen molar-refractivity contribution in [3.05, 3.63) is 59.0 Å². The molecule has 4 heteroatoms. The number of rotatable bonds is 6. The minimum absolute atomic E-state index is 0.0493. The van der Waals surface area contributed by atoms with Crippen molar-refractivity contribution in [2.45, 2.75) is 26.3 Å². The number of hydrogen-bond donors (Lipinski definition) is 1. The lowest BCUT2D eigenvalue weighted by Gasteiger charge is -2.11. The van der Waals surface area contributed by atoms with Crippen LogP contribution < -0.4 is 5.32 Å². The number of carbonyl (C=O) groups excluding carboxylic acids is 1. The summed E-state index contributed by atoms with van der Waals surface area (Å²) in [5.74, 6) is 0.521. The fourth-order valence-corrected chi connectivity index (χ4v) is 2.20. The topological polar surface area (TPSA) is 51.5 Å². The SMILES string of the molecule is COC(=O)c1ccc(C(C)NCCc2cccc(C)c2)o1. The Morgan fingerprint density at radius 2 is 2.14 bits per heavy atom. The summed E-state index contributed by atoms with van der Waals surface area (Å²) in [7, 11) is 1.34. The van der Waals surface area contributed by atoms with Gasteiger partial charge in [0.2, 0.25) is 5.76 Å². The van der Waals surface area contributed by atoms with Crippen molar-refractivity contribution < 1.29 is 13.9 Å². The molecule has 112 valence electrons. The summed E-state index contributed by atoms with van der Waals surface area (Å²) in [6.45, 7) is 4.95. The maximum Gasteiger partial charge on any atom is 0.373 e. The highest BCUT2D eigenvalue weighted by Gasteiger charge is 2.14. The zero-order valence-corrected chi connectivity index (χ0v) is 12.7. The molecule has 2 rings (SSSR count). The van der Waals surface area contributed by atoms with Crippen LogP contribution in [0.15, 0.2) is 40.8 Å². The summed E-state index contributed by atoms with van der Waals surface area (Å²) < 4.78 is 10.1. The van der Waals surface area contributed by atoms with Gasteiger partial charge in [-0.1, -0.05) is 29.8 Å². The van der Waals surface area contributed by atoms with Crippen molar-refractivity contribution in [2.75, 3.05) is 13.7 Å². The van der Waals surface area contributed by atoms with Crippen LogP contribution in [-0.4, -0.2) is 19.6 Å². The summed E-state index contributed by atoms with van der Waals surface area (Å²) in [6.07, 6.45) is 0.955. The van der Waals surface area contributed by atoms with Crippen molar-refractivity contribution in [1.82, 2.24) is 5.32 Å². The summed E-state index contributed by atoms with van der Waals surface area (Å²) in [5.41, 5.74) is 2.58. The molecule has 0 bridgehead atoms. The van der Waals surface area contributed by atoms with Crippen LogP contribution in [0.2, 0.25) is 0 Å². The number of esters is 1. The molecule has 1 aromatic heterocycles. The Hall–Kier alpha value is -2.07. The normalized spacial score (nSPS) is 12.1. The van der Waals surface area contributed by atoms with E-state index in [0.717, 1.165) is 18.7 Å². The van der Waals surface area contributed by atoms with Gasteiger partial charge in [-0.2, -0.15) is 0 Å². The number of carbonyl (C=O) groups is 1. The summed E-state index contributed by atoms with van der Waals surface area (Å²) in [4.78, 5) is 11.3. The van der Waals surface area contributed by atoms with E-state index >= 15 is 0 Å². The Morgan fingerprint density at radius 1 is 1.33 bits per heavy atom. The van der Waals surface area contributed by atoms with E-state index < -0.39 is 5.97 Å². The lowest BCUT2D eigenvalue weighted by atomic mass is 10.1. The highest BCUT2D eigenvalue weighted by Crippen LogP contribution is 2.17. The third-order valence-corrected chi connectivity index (χ3v) is 3.39. The number of aryl methyl sites for hydroxylation is 1. The molecule has 0 aliphatic rings. The van der Waals surface area contributed by atoms with Gasteiger partial charge in [0, 0.05) is 0 Å². The minimum atomic E-state index is -0.451. The van der Waals surface area contributed by atoms with Crippen molar-refractivity contribution in [3.8, 4) is 0 Å². The summed E-state index contributed by atoms with van der Waals surface area (Å²) >= 11 is 0. The second-order valence-corrected chi connectivity index (χ2v) is 5.11. The third kappa shape index (κ3) is 4.20. The van der Waals surface area contributed by atoms with E-state index in [0.29, 0.717) is 0 Å². The van der Waals surface area contributed by atoms with Gasteiger partial charge in [0.1, 0.15) is 5.76 Å². The van der Waals surface area contributed by atoms with Crippen LogP contribution in [0.3, 0.4) is 0 Å². The highest BCUT2D eigenvalue weighted by atomic mass is 16.5. The van der Waals surface area contributed by atoms with E-state index in [1.807, 2.05) is 6.92 Å². The number of benzene rings is 1. The highest BCUT2D eigenvalue weighted by molar-refractivity contribution is 5.86. The van der Waals surface area contributed by atoms with Crippen LogP contribution in [-0.2, 0) is 11.2 Å². The largest absolute Gasteiger partial charge is 0.463 e. The average Bonchev–Trinajstić information content (AvgIpc) is 2.96. The molecule has 0 amide bonds. The van der Waals surface area contributed by atoms with Gasteiger partial charge in [0.15, 0.2) is 0 Å². The lowest BCUT2D eigenvalue weighted by molar-refractivity contribution is 0.0562. The smallest absolute Gasteiger partial charge is 0.373 e. The summed E-state index contributed by atoms with van der Waals surface area (Å²) in [6, 6.07) is 12.0. The average molecular weight is 287 g/mol. The van der Waals surface area contributed by atoms with Gasteiger partial charge in [-0.15, -0.1) is 0 Å². The predicted octanol–water partition coefficient (Wildman–Crippen LogP) is 3.27. The first-order valence-corrected chi connectivity index (χ1v) is 7.07. The molecule has 1 heterocycles. The molecule has 4 nitrogen and oxygen atoms in total. The number of ether oxygens (including phenoxy) is 1. The fourth-order valence-electron chi connectivity index (χ4n) is 2.20. The first-order valence-electron chi connectivity index (χ1n) is 7.07. The van der Waals surface area contributed by atoms with E-state index in [9.17, 15) is 4.79 Å². The Morgan fingerprint density at radius 3 is 2.86 bits per heavy atom. The monoisotopic (exact) mass is 287 g/mol. The summed E-state index contributed by atoms with van der Waals surface area (Å²) in [5, 5.41) is 3.39. The van der Waals surface area contributed by atoms with Crippen LogP contribution in [0, 0.1) is 6.92 Å². The van der Waals surface area contributed by atoms with E-state index in [2.05, 4.69) is 41.2 Å². The molecular formula is C17H21NO3. The number of methoxy groups -OCH3 is 1. The molecular weight excluding hydrogens is 266 g/mol. The molecule has 0 fully saturated rings. The van der Waals surface area contributed by atoms with E-state index in [1.54, 1.807) is 12.1 Å². The van der Waals surface area contributed by atoms with Crippen LogP contribution >= 0.6 is 0 Å². The maximum atomic E-state index is 11.3. The second kappa shape index (κ2) is 7.09. The fraction of sp³-hybridized carbons (Fsp3) is 0.353. The number of furan rings is 1. The van der Waals surface area contributed by atoms with Crippen LogP contribution in [0.5, 0.6) is 0 Å². The van der Waals surface area contributed by atoms with Gasteiger partial charge in [-0.25, -0.2) is 4.79 Å². The minimum Gasteiger partial charge on any atom is -0.463 e. The van der Waals surface area contributed by atoms with Gasteiger partial charge in [0.25, 0.3) is 0 Å². The van der Waals surface area contributed by atoms with Crippen molar-refractivity contribution in [2.24, 2.45) is 0 Å². The Kier molecular flexibility index (Phi) is 5.17. The van der Waals surface area contributed by atoms with Crippen molar-refractivity contribution in [3.63, 3.8) is 0 Å². The first-order chi connectivity index (χ1) is 10.1. The first kappa shape index (κ1) is 15.3. The quantitative estimate of drug-likeness (QED) is 0.828. The van der Waals surface area contributed by atoms with Crippen LogP contribution in [0.4, 0.5) is 0 Å². The Balaban J connectivity index is 1.85. The molecule has 2 aromatic rings. The van der Waals surface area contributed by atoms with E-state index in [-0.39, 0.29) is 11.8 Å². The molecule has 0 spiro atoms. The molecule has 1 atom stereocenters. The zero-order chi connectivity index (χ0) is 15.2. The molecule has 0 radical (unpaired) electrons.